The molecule has 2 aromatic heterocycles. The van der Waals surface area contributed by atoms with E-state index in [0.717, 1.165) is 0 Å². The van der Waals surface area contributed by atoms with Gasteiger partial charge in [0.2, 0.25) is 11.6 Å². The van der Waals surface area contributed by atoms with Crippen molar-refractivity contribution in [3.63, 3.8) is 0 Å². The third kappa shape index (κ3) is 1.99. The first-order chi connectivity index (χ1) is 7.16. The van der Waals surface area contributed by atoms with Gasteiger partial charge in [0.05, 0.1) is 7.05 Å². The summed E-state index contributed by atoms with van der Waals surface area (Å²) in [5, 5.41) is 11.3. The fourth-order valence-corrected chi connectivity index (χ4v) is 1.13. The molecule has 0 aliphatic heterocycles. The van der Waals surface area contributed by atoms with Crippen molar-refractivity contribution in [2.45, 2.75) is 0 Å². The Morgan fingerprint density at radius 3 is 2.80 bits per heavy atom. The molecule has 0 spiro atoms. The van der Waals surface area contributed by atoms with Crippen LogP contribution in [-0.2, 0) is 7.05 Å². The van der Waals surface area contributed by atoms with Crippen molar-refractivity contribution in [2.24, 2.45) is 7.05 Å². The van der Waals surface area contributed by atoms with Gasteiger partial charge in [-0.05, 0) is 17.3 Å². The summed E-state index contributed by atoms with van der Waals surface area (Å²) in [5.41, 5.74) is 0.382. The van der Waals surface area contributed by atoms with Crippen LogP contribution in [0.2, 0.25) is 5.15 Å². The number of aromatic nitrogens is 5. The molecule has 0 aromatic carbocycles. The molecule has 0 saturated carbocycles. The predicted octanol–water partition coefficient (Wildman–Crippen LogP) is 0.489. The van der Waals surface area contributed by atoms with E-state index in [1.54, 1.807) is 13.1 Å². The molecule has 6 nitrogen and oxygen atoms in total. The summed E-state index contributed by atoms with van der Waals surface area (Å²) in [6.07, 6.45) is 1.38. The van der Waals surface area contributed by atoms with Crippen LogP contribution >= 0.6 is 11.6 Å². The van der Waals surface area contributed by atoms with E-state index in [9.17, 15) is 4.79 Å². The normalized spacial score (nSPS) is 10.3. The first kappa shape index (κ1) is 9.72. The first-order valence-electron chi connectivity index (χ1n) is 4.07. The third-order valence-electron chi connectivity index (χ3n) is 1.70. The zero-order valence-corrected chi connectivity index (χ0v) is 8.51. The van der Waals surface area contributed by atoms with Crippen LogP contribution in [0.15, 0.2) is 18.3 Å². The lowest BCUT2D eigenvalue weighted by Gasteiger charge is -1.94. The Kier molecular flexibility index (Phi) is 2.42. The lowest BCUT2D eigenvalue weighted by atomic mass is 10.2. The highest BCUT2D eigenvalue weighted by molar-refractivity contribution is 6.29. The molecule has 2 aromatic rings. The molecule has 0 N–H and O–H groups in total. The SMILES string of the molecule is Cn1nnc(C(=O)c2ccc(Cl)nc2)n1. The van der Waals surface area contributed by atoms with Crippen molar-refractivity contribution >= 4 is 17.4 Å². The van der Waals surface area contributed by atoms with Crippen LogP contribution in [0.3, 0.4) is 0 Å². The summed E-state index contributed by atoms with van der Waals surface area (Å²) in [7, 11) is 1.59. The van der Waals surface area contributed by atoms with E-state index in [2.05, 4.69) is 20.4 Å². The van der Waals surface area contributed by atoms with Crippen LogP contribution in [0.4, 0.5) is 0 Å². The van der Waals surface area contributed by atoms with E-state index in [1.165, 1.54) is 17.1 Å². The number of hydrogen-bond acceptors (Lipinski definition) is 5. The van der Waals surface area contributed by atoms with Crippen molar-refractivity contribution in [2.75, 3.05) is 0 Å². The van der Waals surface area contributed by atoms with Crippen LogP contribution in [0.1, 0.15) is 16.2 Å². The number of nitrogens with zero attached hydrogens (tertiary/aromatic N) is 5. The highest BCUT2D eigenvalue weighted by Gasteiger charge is 2.14. The maximum atomic E-state index is 11.7. The van der Waals surface area contributed by atoms with Crippen molar-refractivity contribution < 1.29 is 4.79 Å². The molecule has 2 rings (SSSR count). The minimum atomic E-state index is -0.327. The monoisotopic (exact) mass is 223 g/mol. The molecule has 0 aliphatic rings. The topological polar surface area (TPSA) is 73.6 Å². The smallest absolute Gasteiger partial charge is 0.245 e. The van der Waals surface area contributed by atoms with E-state index in [4.69, 9.17) is 11.6 Å². The second-order valence-corrected chi connectivity index (χ2v) is 3.19. The highest BCUT2D eigenvalue weighted by atomic mass is 35.5. The fourth-order valence-electron chi connectivity index (χ4n) is 1.01. The van der Waals surface area contributed by atoms with Gasteiger partial charge in [-0.15, -0.1) is 10.2 Å². The standard InChI is InChI=1S/C8H6ClN5O/c1-14-12-8(11-13-14)7(15)5-2-3-6(9)10-4-5/h2-4H,1H3. The number of aryl methyl sites for hydroxylation is 1. The van der Waals surface area contributed by atoms with Gasteiger partial charge in [-0.3, -0.25) is 4.79 Å². The molecule has 0 radical (unpaired) electrons. The number of halogens is 1. The van der Waals surface area contributed by atoms with Crippen LogP contribution < -0.4 is 0 Å². The summed E-state index contributed by atoms with van der Waals surface area (Å²) in [4.78, 5) is 16.7. The van der Waals surface area contributed by atoms with Crippen molar-refractivity contribution in [1.82, 2.24) is 25.2 Å². The van der Waals surface area contributed by atoms with E-state index in [1.807, 2.05) is 0 Å². The lowest BCUT2D eigenvalue weighted by Crippen LogP contribution is -2.05. The molecule has 0 bridgehead atoms. The first-order valence-corrected chi connectivity index (χ1v) is 4.45. The molecule has 2 heterocycles. The Labute approximate surface area is 89.9 Å². The summed E-state index contributed by atoms with van der Waals surface area (Å²) in [6.45, 7) is 0. The van der Waals surface area contributed by atoms with Gasteiger partial charge in [0.15, 0.2) is 0 Å². The quantitative estimate of drug-likeness (QED) is 0.547. The number of carbonyl (C=O) groups excluding carboxylic acids is 1. The molecule has 0 unspecified atom stereocenters. The summed E-state index contributed by atoms with van der Waals surface area (Å²) >= 11 is 5.60. The maximum absolute atomic E-state index is 11.7. The molecule has 0 amide bonds. The second-order valence-electron chi connectivity index (χ2n) is 2.80. The highest BCUT2D eigenvalue weighted by Crippen LogP contribution is 2.07. The number of rotatable bonds is 2. The van der Waals surface area contributed by atoms with Gasteiger partial charge in [-0.25, -0.2) is 4.98 Å². The van der Waals surface area contributed by atoms with Crippen LogP contribution in [0.25, 0.3) is 0 Å². The lowest BCUT2D eigenvalue weighted by molar-refractivity contribution is 0.102. The van der Waals surface area contributed by atoms with Gasteiger partial charge >= 0.3 is 0 Å². The van der Waals surface area contributed by atoms with E-state index in [0.29, 0.717) is 10.7 Å². The molecule has 0 aliphatic carbocycles. The Hall–Kier alpha value is -1.82. The molecular formula is C8H6ClN5O. The number of ketones is 1. The molecular weight excluding hydrogens is 218 g/mol. The minimum Gasteiger partial charge on any atom is -0.285 e. The van der Waals surface area contributed by atoms with Crippen molar-refractivity contribution in [1.29, 1.82) is 0 Å². The minimum absolute atomic E-state index is 0.0432. The maximum Gasteiger partial charge on any atom is 0.245 e. The van der Waals surface area contributed by atoms with Gasteiger partial charge < -0.3 is 0 Å². The largest absolute Gasteiger partial charge is 0.285 e. The van der Waals surface area contributed by atoms with E-state index in [-0.39, 0.29) is 11.6 Å². The molecule has 0 atom stereocenters. The third-order valence-corrected chi connectivity index (χ3v) is 1.92. The average molecular weight is 224 g/mol. The fraction of sp³-hybridized carbons (Fsp3) is 0.125. The Balaban J connectivity index is 2.32. The number of pyridine rings is 1. The summed E-state index contributed by atoms with van der Waals surface area (Å²) in [6, 6.07) is 3.10. The number of carbonyl (C=O) groups is 1. The van der Waals surface area contributed by atoms with Crippen LogP contribution in [0.5, 0.6) is 0 Å². The Morgan fingerprint density at radius 2 is 2.27 bits per heavy atom. The van der Waals surface area contributed by atoms with Crippen molar-refractivity contribution in [3.8, 4) is 0 Å². The molecule has 0 saturated heterocycles. The van der Waals surface area contributed by atoms with Crippen LogP contribution in [0, 0.1) is 0 Å². The second kappa shape index (κ2) is 3.74. The molecule has 76 valence electrons. The molecule has 0 fully saturated rings. The molecule has 7 heteroatoms. The van der Waals surface area contributed by atoms with Gasteiger partial charge in [0, 0.05) is 11.8 Å². The van der Waals surface area contributed by atoms with Gasteiger partial charge in [0.1, 0.15) is 5.15 Å². The average Bonchev–Trinajstić information content (AvgIpc) is 2.65. The predicted molar refractivity (Wildman–Crippen MR) is 51.5 cm³/mol. The zero-order chi connectivity index (χ0) is 10.8. The molecule has 15 heavy (non-hydrogen) atoms. The van der Waals surface area contributed by atoms with Gasteiger partial charge in [-0.1, -0.05) is 11.6 Å². The zero-order valence-electron chi connectivity index (χ0n) is 7.75. The number of tetrazole rings is 1. The van der Waals surface area contributed by atoms with E-state index >= 15 is 0 Å². The van der Waals surface area contributed by atoms with Crippen LogP contribution in [-0.4, -0.2) is 31.0 Å². The number of hydrogen-bond donors (Lipinski definition) is 0. The summed E-state index contributed by atoms with van der Waals surface area (Å²) < 4.78 is 0. The van der Waals surface area contributed by atoms with Crippen molar-refractivity contribution in [3.05, 3.63) is 34.9 Å². The van der Waals surface area contributed by atoms with E-state index < -0.39 is 0 Å². The Morgan fingerprint density at radius 1 is 1.47 bits per heavy atom. The van der Waals surface area contributed by atoms with Gasteiger partial charge in [-0.2, -0.15) is 4.80 Å². The summed E-state index contributed by atoms with van der Waals surface area (Å²) in [5.74, 6) is -0.283. The van der Waals surface area contributed by atoms with Gasteiger partial charge in [0.25, 0.3) is 0 Å². The Bertz CT molecular complexity index is 492.